The first-order chi connectivity index (χ1) is 12.1. The monoisotopic (exact) mass is 356 g/mol. The van der Waals surface area contributed by atoms with Crippen LogP contribution in [0.4, 0.5) is 0 Å². The van der Waals surface area contributed by atoms with E-state index in [1.807, 2.05) is 31.2 Å². The number of aromatic nitrogens is 5. The Balaban J connectivity index is 1.58. The van der Waals surface area contributed by atoms with E-state index in [0.29, 0.717) is 18.0 Å². The lowest BCUT2D eigenvalue weighted by Gasteiger charge is -2.11. The number of rotatable bonds is 6. The zero-order chi connectivity index (χ0) is 17.6. The van der Waals surface area contributed by atoms with Gasteiger partial charge in [0.05, 0.1) is 18.4 Å². The van der Waals surface area contributed by atoms with Crippen molar-refractivity contribution in [1.82, 2.24) is 30.3 Å². The third-order valence-electron chi connectivity index (χ3n) is 3.51. The van der Waals surface area contributed by atoms with Gasteiger partial charge in [-0.1, -0.05) is 28.9 Å². The fraction of sp³-hybridized carbons (Fsp3) is 0.235. The number of halogens is 1. The molecule has 1 amide bonds. The summed E-state index contributed by atoms with van der Waals surface area (Å²) >= 11 is 5.97. The van der Waals surface area contributed by atoms with E-state index < -0.39 is 0 Å². The first kappa shape index (κ1) is 17.0. The zero-order valence-corrected chi connectivity index (χ0v) is 14.4. The van der Waals surface area contributed by atoms with Gasteiger partial charge in [-0.3, -0.25) is 14.8 Å². The molecule has 3 aromatic rings. The fourth-order valence-electron chi connectivity index (χ4n) is 2.40. The molecule has 0 spiro atoms. The second kappa shape index (κ2) is 7.85. The average Bonchev–Trinajstić information content (AvgIpc) is 3.04. The molecule has 2 aromatic heterocycles. The molecule has 7 nitrogen and oxygen atoms in total. The maximum Gasteiger partial charge on any atom is 0.273 e. The van der Waals surface area contributed by atoms with E-state index in [1.165, 1.54) is 0 Å². The summed E-state index contributed by atoms with van der Waals surface area (Å²) in [6, 6.07) is 7.38. The van der Waals surface area contributed by atoms with Crippen LogP contribution in [0.5, 0.6) is 0 Å². The number of nitrogens with zero attached hydrogens (tertiary/aromatic N) is 5. The van der Waals surface area contributed by atoms with Crippen molar-refractivity contribution in [3.63, 3.8) is 0 Å². The molecule has 0 saturated heterocycles. The largest absolute Gasteiger partial charge is 0.348 e. The molecule has 1 aromatic carbocycles. The van der Waals surface area contributed by atoms with Gasteiger partial charge in [0.1, 0.15) is 0 Å². The molecule has 0 bridgehead atoms. The molecular formula is C17H17ClN6O. The van der Waals surface area contributed by atoms with Crippen molar-refractivity contribution in [3.8, 4) is 0 Å². The number of amides is 1. The Hall–Kier alpha value is -2.80. The van der Waals surface area contributed by atoms with Crippen molar-refractivity contribution in [2.75, 3.05) is 0 Å². The van der Waals surface area contributed by atoms with Gasteiger partial charge in [-0.15, -0.1) is 5.10 Å². The van der Waals surface area contributed by atoms with Gasteiger partial charge >= 0.3 is 0 Å². The van der Waals surface area contributed by atoms with E-state index in [2.05, 4.69) is 25.6 Å². The Bertz CT molecular complexity index is 851. The predicted molar refractivity (Wildman–Crippen MR) is 93.2 cm³/mol. The van der Waals surface area contributed by atoms with Crippen LogP contribution in [0, 0.1) is 0 Å². The first-order valence-electron chi connectivity index (χ1n) is 7.80. The standard InChI is InChI=1S/C17H17ClN6O/c1-12(7-15-9-19-5-6-20-15)21-17(25)16-11-24(23-22-16)10-13-3-2-4-14(18)8-13/h2-6,8-9,11-12H,7,10H2,1H3,(H,21,25). The lowest BCUT2D eigenvalue weighted by atomic mass is 10.2. The molecule has 3 rings (SSSR count). The molecule has 1 unspecified atom stereocenters. The normalized spacial score (nSPS) is 11.9. The highest BCUT2D eigenvalue weighted by Crippen LogP contribution is 2.11. The summed E-state index contributed by atoms with van der Waals surface area (Å²) in [4.78, 5) is 20.5. The van der Waals surface area contributed by atoms with Crippen LogP contribution in [0.1, 0.15) is 28.7 Å². The maximum atomic E-state index is 12.3. The third kappa shape index (κ3) is 4.84. The number of nitrogens with one attached hydrogen (secondary N) is 1. The number of hydrogen-bond acceptors (Lipinski definition) is 5. The fourth-order valence-corrected chi connectivity index (χ4v) is 2.61. The van der Waals surface area contributed by atoms with E-state index in [1.54, 1.807) is 29.5 Å². The van der Waals surface area contributed by atoms with Crippen LogP contribution in [-0.2, 0) is 13.0 Å². The number of carbonyl (C=O) groups is 1. The molecule has 0 radical (unpaired) electrons. The first-order valence-corrected chi connectivity index (χ1v) is 8.18. The van der Waals surface area contributed by atoms with Crippen molar-refractivity contribution >= 4 is 17.5 Å². The molecule has 0 aliphatic rings. The minimum Gasteiger partial charge on any atom is -0.348 e. The molecule has 25 heavy (non-hydrogen) atoms. The van der Waals surface area contributed by atoms with Crippen LogP contribution in [0.25, 0.3) is 0 Å². The second-order valence-corrected chi connectivity index (χ2v) is 6.14. The number of benzene rings is 1. The highest BCUT2D eigenvalue weighted by Gasteiger charge is 2.14. The lowest BCUT2D eigenvalue weighted by Crippen LogP contribution is -2.34. The van der Waals surface area contributed by atoms with Crippen LogP contribution >= 0.6 is 11.6 Å². The average molecular weight is 357 g/mol. The Labute approximate surface area is 150 Å². The summed E-state index contributed by atoms with van der Waals surface area (Å²) in [6.07, 6.45) is 7.14. The summed E-state index contributed by atoms with van der Waals surface area (Å²) in [5.41, 5.74) is 2.08. The van der Waals surface area contributed by atoms with Gasteiger partial charge in [0.25, 0.3) is 5.91 Å². The van der Waals surface area contributed by atoms with E-state index in [4.69, 9.17) is 11.6 Å². The molecule has 1 N–H and O–H groups in total. The van der Waals surface area contributed by atoms with Gasteiger partial charge in [0.2, 0.25) is 0 Å². The summed E-state index contributed by atoms with van der Waals surface area (Å²) < 4.78 is 1.61. The van der Waals surface area contributed by atoms with Crippen LogP contribution in [0.15, 0.2) is 49.1 Å². The van der Waals surface area contributed by atoms with E-state index in [0.717, 1.165) is 11.3 Å². The summed E-state index contributed by atoms with van der Waals surface area (Å²) in [5.74, 6) is -0.270. The van der Waals surface area contributed by atoms with E-state index in [9.17, 15) is 4.79 Å². The second-order valence-electron chi connectivity index (χ2n) is 5.71. The molecule has 1 atom stereocenters. The molecule has 128 valence electrons. The van der Waals surface area contributed by atoms with Gasteiger partial charge < -0.3 is 5.32 Å². The summed E-state index contributed by atoms with van der Waals surface area (Å²) in [6.45, 7) is 2.40. The molecule has 0 saturated carbocycles. The van der Waals surface area contributed by atoms with Crippen molar-refractivity contribution < 1.29 is 4.79 Å². The maximum absolute atomic E-state index is 12.3. The highest BCUT2D eigenvalue weighted by atomic mass is 35.5. The molecule has 8 heteroatoms. The summed E-state index contributed by atoms with van der Waals surface area (Å²) in [7, 11) is 0. The van der Waals surface area contributed by atoms with Crippen LogP contribution in [-0.4, -0.2) is 36.9 Å². The molecule has 0 fully saturated rings. The van der Waals surface area contributed by atoms with E-state index >= 15 is 0 Å². The Morgan fingerprint density at radius 3 is 3.00 bits per heavy atom. The smallest absolute Gasteiger partial charge is 0.273 e. The van der Waals surface area contributed by atoms with Crippen molar-refractivity contribution in [2.45, 2.75) is 25.9 Å². The Kier molecular flexibility index (Phi) is 5.35. The highest BCUT2D eigenvalue weighted by molar-refractivity contribution is 6.30. The lowest BCUT2D eigenvalue weighted by molar-refractivity contribution is 0.0935. The topological polar surface area (TPSA) is 85.6 Å². The van der Waals surface area contributed by atoms with Gasteiger partial charge in [0, 0.05) is 36.1 Å². The predicted octanol–water partition coefficient (Wildman–Crippen LogP) is 2.13. The van der Waals surface area contributed by atoms with E-state index in [-0.39, 0.29) is 17.6 Å². The van der Waals surface area contributed by atoms with Crippen LogP contribution < -0.4 is 5.32 Å². The molecule has 0 aliphatic heterocycles. The minimum atomic E-state index is -0.270. The van der Waals surface area contributed by atoms with Crippen LogP contribution in [0.2, 0.25) is 5.02 Å². The van der Waals surface area contributed by atoms with Crippen molar-refractivity contribution in [3.05, 3.63) is 71.0 Å². The molecule has 2 heterocycles. The minimum absolute atomic E-state index is 0.0951. The number of carbonyl (C=O) groups excluding carboxylic acids is 1. The van der Waals surface area contributed by atoms with Crippen molar-refractivity contribution in [2.24, 2.45) is 0 Å². The third-order valence-corrected chi connectivity index (χ3v) is 3.75. The Morgan fingerprint density at radius 2 is 2.24 bits per heavy atom. The molecule has 0 aliphatic carbocycles. The zero-order valence-electron chi connectivity index (χ0n) is 13.6. The Morgan fingerprint density at radius 1 is 1.36 bits per heavy atom. The van der Waals surface area contributed by atoms with Crippen LogP contribution in [0.3, 0.4) is 0 Å². The number of hydrogen-bond donors (Lipinski definition) is 1. The van der Waals surface area contributed by atoms with Gasteiger partial charge in [-0.2, -0.15) is 0 Å². The van der Waals surface area contributed by atoms with Gasteiger partial charge in [-0.25, -0.2) is 4.68 Å². The van der Waals surface area contributed by atoms with Gasteiger partial charge in [0.15, 0.2) is 5.69 Å². The quantitative estimate of drug-likeness (QED) is 0.731. The molecular weight excluding hydrogens is 340 g/mol. The van der Waals surface area contributed by atoms with Crippen molar-refractivity contribution in [1.29, 1.82) is 0 Å². The summed E-state index contributed by atoms with van der Waals surface area (Å²) in [5, 5.41) is 11.5. The van der Waals surface area contributed by atoms with Gasteiger partial charge in [-0.05, 0) is 24.6 Å². The SMILES string of the molecule is CC(Cc1cnccn1)NC(=O)c1cn(Cc2cccc(Cl)c2)nn1.